The summed E-state index contributed by atoms with van der Waals surface area (Å²) in [4.78, 5) is 15.8. The lowest BCUT2D eigenvalue weighted by atomic mass is 9.97. The third-order valence-electron chi connectivity index (χ3n) is 5.81. The van der Waals surface area contributed by atoms with E-state index in [1.54, 1.807) is 29.2 Å². The zero-order valence-electron chi connectivity index (χ0n) is 16.9. The molecule has 30 heavy (non-hydrogen) atoms. The van der Waals surface area contributed by atoms with Gasteiger partial charge >= 0.3 is 6.18 Å². The molecule has 10 heteroatoms. The molecular weight excluding hydrogens is 399 g/mol. The van der Waals surface area contributed by atoms with Gasteiger partial charge in [-0.2, -0.15) is 18.3 Å². The number of fused-ring (bicyclic) bond motifs is 1. The lowest BCUT2D eigenvalue weighted by Crippen LogP contribution is -3.12. The van der Waals surface area contributed by atoms with Crippen LogP contribution in [0.5, 0.6) is 5.75 Å². The number of nitrogens with zero attached hydrogens (tertiary/aromatic N) is 3. The van der Waals surface area contributed by atoms with Crippen LogP contribution in [-0.4, -0.2) is 67.1 Å². The van der Waals surface area contributed by atoms with Crippen LogP contribution in [0.25, 0.3) is 0 Å². The van der Waals surface area contributed by atoms with Gasteiger partial charge in [-0.3, -0.25) is 4.79 Å². The van der Waals surface area contributed by atoms with E-state index in [-0.39, 0.29) is 23.8 Å². The number of hydrogen-bond acceptors (Lipinski definition) is 4. The minimum Gasteiger partial charge on any atom is -0.497 e. The maximum atomic E-state index is 13.9. The van der Waals surface area contributed by atoms with Gasteiger partial charge in [-0.05, 0) is 17.7 Å². The quantitative estimate of drug-likeness (QED) is 0.785. The largest absolute Gasteiger partial charge is 0.497 e. The van der Waals surface area contributed by atoms with Gasteiger partial charge in [-0.1, -0.05) is 12.1 Å². The maximum absolute atomic E-state index is 13.9. The van der Waals surface area contributed by atoms with Crippen molar-refractivity contribution in [3.63, 3.8) is 0 Å². The first-order valence-electron chi connectivity index (χ1n) is 9.93. The van der Waals surface area contributed by atoms with E-state index in [1.807, 2.05) is 7.05 Å². The third-order valence-corrected chi connectivity index (χ3v) is 5.81. The molecule has 0 aliphatic carbocycles. The number of piperazine rings is 1. The van der Waals surface area contributed by atoms with E-state index >= 15 is 0 Å². The number of nitrogens with one attached hydrogen (secondary N) is 2. The van der Waals surface area contributed by atoms with E-state index in [4.69, 9.17) is 4.74 Å². The number of aromatic nitrogens is 2. The van der Waals surface area contributed by atoms with E-state index < -0.39 is 18.3 Å². The van der Waals surface area contributed by atoms with E-state index in [0.29, 0.717) is 24.4 Å². The Kier molecular flexibility index (Phi) is 5.35. The number of ether oxygens (including phenoxy) is 1. The number of alkyl halides is 3. The summed E-state index contributed by atoms with van der Waals surface area (Å²) >= 11 is 0. The third kappa shape index (κ3) is 3.96. The highest BCUT2D eigenvalue weighted by molar-refractivity contribution is 5.93. The second-order valence-corrected chi connectivity index (χ2v) is 7.88. The van der Waals surface area contributed by atoms with Crippen LogP contribution in [0.3, 0.4) is 0 Å². The Labute approximate surface area is 172 Å². The fraction of sp³-hybridized carbons (Fsp3) is 0.500. The first kappa shape index (κ1) is 20.5. The molecule has 1 fully saturated rings. The lowest BCUT2D eigenvalue weighted by Gasteiger charge is -2.33. The minimum absolute atomic E-state index is 0.0394. The molecule has 1 aromatic carbocycles. The Balaban J connectivity index is 1.64. The molecule has 3 heterocycles. The van der Waals surface area contributed by atoms with Crippen molar-refractivity contribution in [2.75, 3.05) is 45.7 Å². The molecule has 0 radical (unpaired) electrons. The highest BCUT2D eigenvalue weighted by Gasteiger charge is 2.47. The topological polar surface area (TPSA) is 63.8 Å². The summed E-state index contributed by atoms with van der Waals surface area (Å²) in [6, 6.07) is 6.00. The number of rotatable bonds is 3. The number of carbonyl (C=O) groups excluding carboxylic acids is 1. The SMILES string of the molecule is COc1cccc([C@@H]2C[C@H](C(F)(F)F)n3nc(C(=O)N4CC[NH+](C)CC4)cc3N2)c1. The summed E-state index contributed by atoms with van der Waals surface area (Å²) in [5, 5.41) is 7.19. The molecule has 1 amide bonds. The highest BCUT2D eigenvalue weighted by atomic mass is 19.4. The Morgan fingerprint density at radius 3 is 2.67 bits per heavy atom. The van der Waals surface area contributed by atoms with Crippen molar-refractivity contribution in [2.24, 2.45) is 0 Å². The summed E-state index contributed by atoms with van der Waals surface area (Å²) in [5.74, 6) is 0.439. The predicted octanol–water partition coefficient (Wildman–Crippen LogP) is 1.52. The first-order chi connectivity index (χ1) is 14.3. The molecule has 0 unspecified atom stereocenters. The molecule has 0 spiro atoms. The number of benzene rings is 1. The minimum atomic E-state index is -4.49. The van der Waals surface area contributed by atoms with Crippen LogP contribution in [0.2, 0.25) is 0 Å². The van der Waals surface area contributed by atoms with Gasteiger partial charge in [0.15, 0.2) is 11.7 Å². The van der Waals surface area contributed by atoms with Crippen LogP contribution >= 0.6 is 0 Å². The number of hydrogen-bond donors (Lipinski definition) is 2. The van der Waals surface area contributed by atoms with Crippen LogP contribution < -0.4 is 15.0 Å². The van der Waals surface area contributed by atoms with Crippen molar-refractivity contribution < 1.29 is 27.6 Å². The second kappa shape index (κ2) is 7.82. The van der Waals surface area contributed by atoms with Crippen LogP contribution in [0, 0.1) is 0 Å². The normalized spacial score (nSPS) is 22.4. The summed E-state index contributed by atoms with van der Waals surface area (Å²) in [7, 11) is 3.56. The van der Waals surface area contributed by atoms with Crippen LogP contribution in [0.4, 0.5) is 19.0 Å². The summed E-state index contributed by atoms with van der Waals surface area (Å²) in [6.07, 6.45) is -4.71. The molecule has 2 atom stereocenters. The van der Waals surface area contributed by atoms with Crippen LogP contribution in [0.15, 0.2) is 30.3 Å². The fourth-order valence-electron chi connectivity index (χ4n) is 4.01. The number of likely N-dealkylation sites (N-methyl/N-ethyl adjacent to an activating group) is 1. The fourth-order valence-corrected chi connectivity index (χ4v) is 4.01. The zero-order chi connectivity index (χ0) is 21.5. The Morgan fingerprint density at radius 2 is 2.00 bits per heavy atom. The predicted molar refractivity (Wildman–Crippen MR) is 104 cm³/mol. The first-order valence-corrected chi connectivity index (χ1v) is 9.93. The van der Waals surface area contributed by atoms with E-state index in [9.17, 15) is 18.0 Å². The maximum Gasteiger partial charge on any atom is 0.410 e. The number of amides is 1. The average molecular weight is 424 g/mol. The van der Waals surface area contributed by atoms with Gasteiger partial charge in [0, 0.05) is 12.5 Å². The lowest BCUT2D eigenvalue weighted by molar-refractivity contribution is -0.883. The van der Waals surface area contributed by atoms with Gasteiger partial charge in [0.25, 0.3) is 5.91 Å². The monoisotopic (exact) mass is 424 g/mol. The molecule has 0 saturated carbocycles. The molecule has 0 bridgehead atoms. The molecule has 2 aliphatic rings. The van der Waals surface area contributed by atoms with Gasteiger partial charge in [0.1, 0.15) is 11.6 Å². The Bertz CT molecular complexity index is 921. The molecule has 4 rings (SSSR count). The van der Waals surface area contributed by atoms with Crippen LogP contribution in [0.1, 0.15) is 34.6 Å². The van der Waals surface area contributed by atoms with Gasteiger partial charge in [0.2, 0.25) is 0 Å². The highest BCUT2D eigenvalue weighted by Crippen LogP contribution is 2.44. The van der Waals surface area contributed by atoms with E-state index in [0.717, 1.165) is 17.8 Å². The van der Waals surface area contributed by atoms with Gasteiger partial charge in [-0.15, -0.1) is 0 Å². The molecule has 1 aromatic heterocycles. The molecule has 2 aromatic rings. The Hall–Kier alpha value is -2.75. The van der Waals surface area contributed by atoms with Crippen molar-refractivity contribution in [2.45, 2.75) is 24.7 Å². The van der Waals surface area contributed by atoms with Crippen molar-refractivity contribution >= 4 is 11.7 Å². The van der Waals surface area contributed by atoms with Crippen molar-refractivity contribution in [3.8, 4) is 5.75 Å². The van der Waals surface area contributed by atoms with Crippen molar-refractivity contribution in [1.82, 2.24) is 14.7 Å². The number of halogens is 3. The molecule has 162 valence electrons. The average Bonchev–Trinajstić information content (AvgIpc) is 3.16. The van der Waals surface area contributed by atoms with Crippen molar-refractivity contribution in [1.29, 1.82) is 0 Å². The standard InChI is InChI=1S/C20H24F3N5O2/c1-26-6-8-27(9-7-26)19(29)16-12-18-24-15(13-4-3-5-14(10-13)30-2)11-17(20(21,22)23)28(18)25-16/h3-5,10,12,15,17,24H,6-9,11H2,1-2H3/p+1/t15-,17+/m0/s1. The van der Waals surface area contributed by atoms with Crippen LogP contribution in [-0.2, 0) is 0 Å². The number of carbonyl (C=O) groups is 1. The van der Waals surface area contributed by atoms with E-state index in [1.165, 1.54) is 18.1 Å². The molecule has 7 nitrogen and oxygen atoms in total. The summed E-state index contributed by atoms with van der Waals surface area (Å²) in [5.41, 5.74) is 0.726. The number of methoxy groups -OCH3 is 1. The smallest absolute Gasteiger partial charge is 0.410 e. The molecule has 2 aliphatic heterocycles. The number of quaternary nitrogens is 1. The van der Waals surface area contributed by atoms with Gasteiger partial charge in [0.05, 0.1) is 46.4 Å². The zero-order valence-corrected chi connectivity index (χ0v) is 16.9. The van der Waals surface area contributed by atoms with Crippen molar-refractivity contribution in [3.05, 3.63) is 41.6 Å². The van der Waals surface area contributed by atoms with Gasteiger partial charge in [-0.25, -0.2) is 4.68 Å². The van der Waals surface area contributed by atoms with E-state index in [2.05, 4.69) is 10.4 Å². The molecule has 2 N–H and O–H groups in total. The van der Waals surface area contributed by atoms with Gasteiger partial charge < -0.3 is 19.9 Å². The Morgan fingerprint density at radius 1 is 1.27 bits per heavy atom. The number of anilines is 1. The molecule has 1 saturated heterocycles. The summed E-state index contributed by atoms with van der Waals surface area (Å²) < 4.78 is 47.7. The molecular formula is C20H25F3N5O2+. The summed E-state index contributed by atoms with van der Waals surface area (Å²) in [6.45, 7) is 2.74. The second-order valence-electron chi connectivity index (χ2n) is 7.88.